The van der Waals surface area contributed by atoms with Crippen LogP contribution in [0.4, 0.5) is 5.69 Å². The first-order valence-electron chi connectivity index (χ1n) is 10.9. The van der Waals surface area contributed by atoms with Crippen LogP contribution in [0.3, 0.4) is 0 Å². The molecule has 0 aliphatic carbocycles. The SMILES string of the molecule is COc1ccccc1N1CCN(S(=O)(=O)c2cc(-c3nc(-c4ccccc4)no3)sc2C)CC1. The second-order valence-electron chi connectivity index (χ2n) is 7.88. The van der Waals surface area contributed by atoms with Crippen LogP contribution in [0.25, 0.3) is 22.2 Å². The van der Waals surface area contributed by atoms with Gasteiger partial charge in [0, 0.05) is 36.6 Å². The molecule has 34 heavy (non-hydrogen) atoms. The maximum absolute atomic E-state index is 13.5. The largest absolute Gasteiger partial charge is 0.495 e. The summed E-state index contributed by atoms with van der Waals surface area (Å²) in [4.78, 5) is 8.24. The van der Waals surface area contributed by atoms with Gasteiger partial charge in [0.25, 0.3) is 5.89 Å². The van der Waals surface area contributed by atoms with Crippen molar-refractivity contribution in [3.63, 3.8) is 0 Å². The lowest BCUT2D eigenvalue weighted by molar-refractivity contribution is 0.378. The molecule has 0 amide bonds. The van der Waals surface area contributed by atoms with Crippen LogP contribution in [0.1, 0.15) is 4.88 Å². The number of aryl methyl sites for hydroxylation is 1. The highest BCUT2D eigenvalue weighted by molar-refractivity contribution is 7.89. The minimum Gasteiger partial charge on any atom is -0.495 e. The Labute approximate surface area is 202 Å². The van der Waals surface area contributed by atoms with Crippen LogP contribution in [0, 0.1) is 6.92 Å². The molecule has 0 bridgehead atoms. The Bertz CT molecular complexity index is 1390. The third-order valence-corrected chi connectivity index (χ3v) is 9.02. The predicted octanol–water partition coefficient (Wildman–Crippen LogP) is 4.29. The number of thiophene rings is 1. The lowest BCUT2D eigenvalue weighted by Crippen LogP contribution is -2.48. The Balaban J connectivity index is 1.34. The van der Waals surface area contributed by atoms with Gasteiger partial charge in [-0.3, -0.25) is 0 Å². The average Bonchev–Trinajstić information content (AvgIpc) is 3.52. The van der Waals surface area contributed by atoms with E-state index in [0.717, 1.165) is 17.0 Å². The van der Waals surface area contributed by atoms with Gasteiger partial charge in [0.05, 0.1) is 22.6 Å². The van der Waals surface area contributed by atoms with Gasteiger partial charge in [-0.1, -0.05) is 47.6 Å². The third kappa shape index (κ3) is 4.20. The van der Waals surface area contributed by atoms with Crippen molar-refractivity contribution < 1.29 is 17.7 Å². The van der Waals surface area contributed by atoms with Crippen molar-refractivity contribution in [2.75, 3.05) is 38.2 Å². The van der Waals surface area contributed by atoms with Crippen LogP contribution in [0.5, 0.6) is 5.75 Å². The number of hydrogen-bond donors (Lipinski definition) is 0. The molecule has 5 rings (SSSR count). The molecule has 0 radical (unpaired) electrons. The molecule has 1 saturated heterocycles. The van der Waals surface area contributed by atoms with E-state index in [2.05, 4.69) is 15.0 Å². The maximum atomic E-state index is 13.5. The van der Waals surface area contributed by atoms with Gasteiger partial charge < -0.3 is 14.2 Å². The van der Waals surface area contributed by atoms with Crippen molar-refractivity contribution in [2.24, 2.45) is 0 Å². The summed E-state index contributed by atoms with van der Waals surface area (Å²) in [5.74, 6) is 1.57. The van der Waals surface area contributed by atoms with Crippen molar-refractivity contribution in [1.82, 2.24) is 14.4 Å². The summed E-state index contributed by atoms with van der Waals surface area (Å²) in [7, 11) is -2.01. The zero-order chi connectivity index (χ0) is 23.7. The quantitative estimate of drug-likeness (QED) is 0.393. The van der Waals surface area contributed by atoms with Gasteiger partial charge in [-0.25, -0.2) is 8.42 Å². The topological polar surface area (TPSA) is 88.8 Å². The Morgan fingerprint density at radius 3 is 2.44 bits per heavy atom. The molecule has 1 aliphatic rings. The Morgan fingerprint density at radius 1 is 1.00 bits per heavy atom. The Hall–Kier alpha value is -3.21. The molecule has 4 aromatic rings. The summed E-state index contributed by atoms with van der Waals surface area (Å²) in [6.07, 6.45) is 0. The van der Waals surface area contributed by atoms with E-state index >= 15 is 0 Å². The molecule has 2 aromatic heterocycles. The summed E-state index contributed by atoms with van der Waals surface area (Å²) in [5.41, 5.74) is 1.81. The first-order chi connectivity index (χ1) is 16.5. The van der Waals surface area contributed by atoms with Crippen LogP contribution in [0.2, 0.25) is 0 Å². The number of methoxy groups -OCH3 is 1. The molecule has 2 aromatic carbocycles. The van der Waals surface area contributed by atoms with Crippen LogP contribution in [-0.4, -0.2) is 56.2 Å². The number of hydrogen-bond acceptors (Lipinski definition) is 8. The normalized spacial score (nSPS) is 14.9. The summed E-state index contributed by atoms with van der Waals surface area (Å²) in [6.45, 7) is 3.76. The van der Waals surface area contributed by atoms with Gasteiger partial charge in [-0.15, -0.1) is 11.3 Å². The van der Waals surface area contributed by atoms with Crippen LogP contribution < -0.4 is 9.64 Å². The highest BCUT2D eigenvalue weighted by Crippen LogP contribution is 2.36. The van der Waals surface area contributed by atoms with Gasteiger partial charge in [0.15, 0.2) is 0 Å². The number of aromatic nitrogens is 2. The molecule has 1 fully saturated rings. The molecule has 0 atom stereocenters. The van der Waals surface area contributed by atoms with Gasteiger partial charge >= 0.3 is 0 Å². The van der Waals surface area contributed by atoms with Crippen LogP contribution in [-0.2, 0) is 10.0 Å². The van der Waals surface area contributed by atoms with Crippen molar-refractivity contribution >= 4 is 27.0 Å². The monoisotopic (exact) mass is 496 g/mol. The average molecular weight is 497 g/mol. The highest BCUT2D eigenvalue weighted by Gasteiger charge is 2.32. The minimum absolute atomic E-state index is 0.290. The van der Waals surface area contributed by atoms with Crippen molar-refractivity contribution in [3.8, 4) is 27.9 Å². The number of sulfonamides is 1. The lowest BCUT2D eigenvalue weighted by Gasteiger charge is -2.35. The molecule has 1 aliphatic heterocycles. The van der Waals surface area contributed by atoms with Gasteiger partial charge in [0.1, 0.15) is 5.75 Å². The third-order valence-electron chi connectivity index (χ3n) is 5.82. The fraction of sp³-hybridized carbons (Fsp3) is 0.250. The number of ether oxygens (including phenoxy) is 1. The second-order valence-corrected chi connectivity index (χ2v) is 11.0. The number of nitrogens with zero attached hydrogens (tertiary/aromatic N) is 4. The first-order valence-corrected chi connectivity index (χ1v) is 13.1. The lowest BCUT2D eigenvalue weighted by atomic mass is 10.2. The second kappa shape index (κ2) is 9.21. The minimum atomic E-state index is -3.65. The number of anilines is 1. The molecular formula is C24H24N4O4S2. The molecule has 0 spiro atoms. The van der Waals surface area contributed by atoms with Crippen molar-refractivity contribution in [3.05, 3.63) is 65.5 Å². The fourth-order valence-corrected chi connectivity index (χ4v) is 6.96. The van der Waals surface area contributed by atoms with E-state index in [1.807, 2.05) is 54.6 Å². The van der Waals surface area contributed by atoms with Crippen LogP contribution >= 0.6 is 11.3 Å². The van der Waals surface area contributed by atoms with Gasteiger partial charge in [-0.05, 0) is 25.1 Å². The standard InChI is InChI=1S/C24H24N4O4S2/c1-17-22(16-21(33-17)24-25-23(26-32-24)18-8-4-3-5-9-18)34(29,30)28-14-12-27(13-15-28)19-10-6-7-11-20(19)31-2/h3-11,16H,12-15H2,1-2H3. The Kier molecular flexibility index (Phi) is 6.11. The number of piperazine rings is 1. The molecule has 0 unspecified atom stereocenters. The van der Waals surface area contributed by atoms with E-state index in [1.165, 1.54) is 11.3 Å². The maximum Gasteiger partial charge on any atom is 0.268 e. The highest BCUT2D eigenvalue weighted by atomic mass is 32.2. The van der Waals surface area contributed by atoms with Gasteiger partial charge in [0.2, 0.25) is 15.8 Å². The fourth-order valence-electron chi connectivity index (χ4n) is 4.05. The van der Waals surface area contributed by atoms with Crippen molar-refractivity contribution in [1.29, 1.82) is 0 Å². The number of rotatable bonds is 6. The first kappa shape index (κ1) is 22.6. The van der Waals surface area contributed by atoms with E-state index < -0.39 is 10.0 Å². The zero-order valence-corrected chi connectivity index (χ0v) is 20.5. The summed E-state index contributed by atoms with van der Waals surface area (Å²) < 4.78 is 39.4. The Morgan fingerprint density at radius 2 is 1.71 bits per heavy atom. The predicted molar refractivity (Wildman–Crippen MR) is 132 cm³/mol. The van der Waals surface area contributed by atoms with E-state index in [0.29, 0.717) is 47.6 Å². The van der Waals surface area contributed by atoms with Crippen LogP contribution in [0.15, 0.2) is 70.1 Å². The smallest absolute Gasteiger partial charge is 0.268 e. The molecule has 8 nitrogen and oxygen atoms in total. The zero-order valence-electron chi connectivity index (χ0n) is 18.8. The van der Waals surface area contributed by atoms with E-state index in [4.69, 9.17) is 9.26 Å². The molecular weight excluding hydrogens is 472 g/mol. The van der Waals surface area contributed by atoms with E-state index in [-0.39, 0.29) is 4.90 Å². The number of para-hydroxylation sites is 2. The molecule has 10 heteroatoms. The van der Waals surface area contributed by atoms with E-state index in [9.17, 15) is 8.42 Å². The number of benzene rings is 2. The van der Waals surface area contributed by atoms with E-state index in [1.54, 1.807) is 24.4 Å². The van der Waals surface area contributed by atoms with Crippen molar-refractivity contribution in [2.45, 2.75) is 11.8 Å². The molecule has 3 heterocycles. The molecule has 176 valence electrons. The summed E-state index contributed by atoms with van der Waals surface area (Å²) in [5, 5.41) is 4.05. The molecule has 0 N–H and O–H groups in total. The molecule has 0 saturated carbocycles. The summed E-state index contributed by atoms with van der Waals surface area (Å²) >= 11 is 1.34. The van der Waals surface area contributed by atoms with Gasteiger partial charge in [-0.2, -0.15) is 9.29 Å². The summed E-state index contributed by atoms with van der Waals surface area (Å²) in [6, 6.07) is 18.9.